The summed E-state index contributed by atoms with van der Waals surface area (Å²) in [7, 11) is 0. The molecule has 1 aromatic heterocycles. The Morgan fingerprint density at radius 3 is 2.35 bits per heavy atom. The zero-order valence-electron chi connectivity index (χ0n) is 10.1. The Hall–Kier alpha value is -2.44. The van der Waals surface area contributed by atoms with Gasteiger partial charge in [-0.05, 0) is 19.1 Å². The molecule has 2 aromatic rings. The van der Waals surface area contributed by atoms with Crippen LogP contribution in [0.5, 0.6) is 5.75 Å². The molecule has 0 amide bonds. The predicted molar refractivity (Wildman–Crippen MR) is 60.2 cm³/mol. The van der Waals surface area contributed by atoms with E-state index < -0.39 is 40.6 Å². The highest BCUT2D eigenvalue weighted by Crippen LogP contribution is 2.30. The van der Waals surface area contributed by atoms with Crippen LogP contribution >= 0.6 is 0 Å². The molecule has 0 aliphatic heterocycles. The highest BCUT2D eigenvalue weighted by Gasteiger charge is 2.26. The second-order valence-corrected chi connectivity index (χ2v) is 3.81. The number of esters is 1. The van der Waals surface area contributed by atoms with Crippen molar-refractivity contribution in [1.29, 1.82) is 0 Å². The van der Waals surface area contributed by atoms with Crippen molar-refractivity contribution in [2.45, 2.75) is 6.92 Å². The van der Waals surface area contributed by atoms with Gasteiger partial charge in [0.25, 0.3) is 0 Å². The van der Waals surface area contributed by atoms with E-state index in [4.69, 9.17) is 0 Å². The van der Waals surface area contributed by atoms with Crippen LogP contribution in [0.4, 0.5) is 17.6 Å². The Labute approximate surface area is 110 Å². The molecule has 0 aliphatic rings. The number of aromatic nitrogens is 1. The molecule has 0 fully saturated rings. The molecule has 1 heterocycles. The van der Waals surface area contributed by atoms with E-state index in [1.54, 1.807) is 0 Å². The lowest BCUT2D eigenvalue weighted by Crippen LogP contribution is -2.14. The minimum Gasteiger partial charge on any atom is -0.415 e. The Balaban J connectivity index is 2.43. The maximum Gasteiger partial charge on any atom is 0.362 e. The van der Waals surface area contributed by atoms with Crippen LogP contribution < -0.4 is 4.74 Å². The smallest absolute Gasteiger partial charge is 0.362 e. The molecule has 3 nitrogen and oxygen atoms in total. The van der Waals surface area contributed by atoms with E-state index in [2.05, 4.69) is 9.72 Å². The van der Waals surface area contributed by atoms with Crippen molar-refractivity contribution in [3.8, 4) is 5.75 Å². The molecule has 0 unspecified atom stereocenters. The molecule has 0 atom stereocenters. The Morgan fingerprint density at radius 2 is 1.75 bits per heavy atom. The van der Waals surface area contributed by atoms with Gasteiger partial charge < -0.3 is 4.74 Å². The minimum absolute atomic E-state index is 0.228. The Morgan fingerprint density at radius 1 is 1.05 bits per heavy atom. The summed E-state index contributed by atoms with van der Waals surface area (Å²) in [6, 6.07) is 4.21. The zero-order valence-corrected chi connectivity index (χ0v) is 10.1. The zero-order chi connectivity index (χ0) is 14.9. The highest BCUT2D eigenvalue weighted by atomic mass is 19.2. The number of hydrogen-bond acceptors (Lipinski definition) is 3. The van der Waals surface area contributed by atoms with E-state index >= 15 is 0 Å². The van der Waals surface area contributed by atoms with Crippen molar-refractivity contribution in [2.24, 2.45) is 0 Å². The fraction of sp³-hybridized carbons (Fsp3) is 0.0769. The van der Waals surface area contributed by atoms with Crippen molar-refractivity contribution in [2.75, 3.05) is 0 Å². The standard InChI is InChI=1S/C13H7F4NO2/c1-6-8(14)10(16)11(17)12(9(6)15)20-13(19)7-4-2-3-5-18-7/h2-5H,1H3. The van der Waals surface area contributed by atoms with Crippen LogP contribution in [0, 0.1) is 30.2 Å². The molecule has 2 rings (SSSR count). The molecule has 20 heavy (non-hydrogen) atoms. The SMILES string of the molecule is Cc1c(F)c(F)c(F)c(OC(=O)c2ccccn2)c1F. The van der Waals surface area contributed by atoms with Crippen LogP contribution in [0.25, 0.3) is 0 Å². The molecule has 0 N–H and O–H groups in total. The summed E-state index contributed by atoms with van der Waals surface area (Å²) < 4.78 is 57.7. The van der Waals surface area contributed by atoms with Gasteiger partial charge in [0, 0.05) is 11.8 Å². The van der Waals surface area contributed by atoms with Gasteiger partial charge in [0.05, 0.1) is 0 Å². The van der Waals surface area contributed by atoms with Gasteiger partial charge in [0.2, 0.25) is 11.6 Å². The average Bonchev–Trinajstić information content (AvgIpc) is 2.48. The fourth-order valence-electron chi connectivity index (χ4n) is 1.44. The first-order valence-electron chi connectivity index (χ1n) is 5.39. The summed E-state index contributed by atoms with van der Waals surface area (Å²) in [4.78, 5) is 15.2. The molecule has 1 aromatic carbocycles. The lowest BCUT2D eigenvalue weighted by atomic mass is 10.2. The van der Waals surface area contributed by atoms with Crippen molar-refractivity contribution in [3.05, 3.63) is 58.9 Å². The lowest BCUT2D eigenvalue weighted by Gasteiger charge is -2.09. The third kappa shape index (κ3) is 2.34. The first-order valence-corrected chi connectivity index (χ1v) is 5.39. The summed E-state index contributed by atoms with van der Waals surface area (Å²) >= 11 is 0. The quantitative estimate of drug-likeness (QED) is 0.280. The predicted octanol–water partition coefficient (Wildman–Crippen LogP) is 3.17. The van der Waals surface area contributed by atoms with E-state index in [9.17, 15) is 22.4 Å². The normalized spacial score (nSPS) is 10.4. The Bertz CT molecular complexity index is 645. The largest absolute Gasteiger partial charge is 0.415 e. The number of benzene rings is 1. The molecule has 0 saturated carbocycles. The first kappa shape index (κ1) is 14.0. The van der Waals surface area contributed by atoms with Crippen molar-refractivity contribution >= 4 is 5.97 Å². The molecule has 0 bridgehead atoms. The number of halogens is 4. The number of carbonyl (C=O) groups is 1. The van der Waals surface area contributed by atoms with Gasteiger partial charge in [-0.2, -0.15) is 4.39 Å². The van der Waals surface area contributed by atoms with Crippen LogP contribution in [-0.2, 0) is 0 Å². The average molecular weight is 285 g/mol. The van der Waals surface area contributed by atoms with Crippen LogP contribution in [0.1, 0.15) is 16.1 Å². The number of pyridine rings is 1. The molecule has 0 spiro atoms. The third-order valence-corrected chi connectivity index (χ3v) is 2.51. The van der Waals surface area contributed by atoms with E-state index in [0.29, 0.717) is 0 Å². The van der Waals surface area contributed by atoms with Gasteiger partial charge in [-0.15, -0.1) is 0 Å². The maximum atomic E-state index is 13.6. The topological polar surface area (TPSA) is 39.2 Å². The van der Waals surface area contributed by atoms with Gasteiger partial charge in [-0.25, -0.2) is 22.9 Å². The van der Waals surface area contributed by atoms with Gasteiger partial charge in [-0.1, -0.05) is 6.07 Å². The number of carbonyl (C=O) groups excluding carboxylic acids is 1. The molecular formula is C13H7F4NO2. The van der Waals surface area contributed by atoms with E-state index in [1.807, 2.05) is 0 Å². The summed E-state index contributed by atoms with van der Waals surface area (Å²) in [5, 5.41) is 0. The molecule has 104 valence electrons. The van der Waals surface area contributed by atoms with Crippen LogP contribution in [0.2, 0.25) is 0 Å². The molecule has 0 aliphatic carbocycles. The van der Waals surface area contributed by atoms with Gasteiger partial charge in [0.15, 0.2) is 17.5 Å². The lowest BCUT2D eigenvalue weighted by molar-refractivity contribution is 0.0711. The van der Waals surface area contributed by atoms with Crippen molar-refractivity contribution in [3.63, 3.8) is 0 Å². The molecule has 0 radical (unpaired) electrons. The van der Waals surface area contributed by atoms with Crippen LogP contribution in [-0.4, -0.2) is 11.0 Å². The van der Waals surface area contributed by atoms with E-state index in [0.717, 1.165) is 6.92 Å². The molecule has 7 heteroatoms. The summed E-state index contributed by atoms with van der Waals surface area (Å²) in [6.07, 6.45) is 1.26. The van der Waals surface area contributed by atoms with E-state index in [-0.39, 0.29) is 5.69 Å². The molecule has 0 saturated heterocycles. The number of ether oxygens (including phenoxy) is 1. The monoisotopic (exact) mass is 285 g/mol. The van der Waals surface area contributed by atoms with Gasteiger partial charge >= 0.3 is 5.97 Å². The summed E-state index contributed by atoms with van der Waals surface area (Å²) in [5.74, 6) is -9.45. The van der Waals surface area contributed by atoms with Crippen molar-refractivity contribution < 1.29 is 27.1 Å². The second kappa shape index (κ2) is 5.28. The number of nitrogens with zero attached hydrogens (tertiary/aromatic N) is 1. The van der Waals surface area contributed by atoms with Gasteiger partial charge in [0.1, 0.15) is 5.69 Å². The highest BCUT2D eigenvalue weighted by molar-refractivity contribution is 5.88. The summed E-state index contributed by atoms with van der Waals surface area (Å²) in [6.45, 7) is 0.894. The van der Waals surface area contributed by atoms with Crippen LogP contribution in [0.3, 0.4) is 0 Å². The second-order valence-electron chi connectivity index (χ2n) is 3.81. The van der Waals surface area contributed by atoms with Crippen molar-refractivity contribution in [1.82, 2.24) is 4.98 Å². The third-order valence-electron chi connectivity index (χ3n) is 2.51. The minimum atomic E-state index is -1.91. The summed E-state index contributed by atoms with van der Waals surface area (Å²) in [5.41, 5.74) is -1.01. The maximum absolute atomic E-state index is 13.6. The fourth-order valence-corrected chi connectivity index (χ4v) is 1.44. The van der Waals surface area contributed by atoms with E-state index in [1.165, 1.54) is 24.4 Å². The first-order chi connectivity index (χ1) is 9.43. The van der Waals surface area contributed by atoms with Gasteiger partial charge in [-0.3, -0.25) is 0 Å². The van der Waals surface area contributed by atoms with Crippen LogP contribution in [0.15, 0.2) is 24.4 Å². The number of hydrogen-bond donors (Lipinski definition) is 0. The number of rotatable bonds is 2. The molecular weight excluding hydrogens is 278 g/mol. The Kier molecular flexibility index (Phi) is 3.69.